The fourth-order valence-corrected chi connectivity index (χ4v) is 1.21. The molecule has 4 heteroatoms. The van der Waals surface area contributed by atoms with Crippen molar-refractivity contribution in [2.24, 2.45) is 0 Å². The van der Waals surface area contributed by atoms with Crippen LogP contribution in [0, 0.1) is 0 Å². The first-order valence-electron chi connectivity index (χ1n) is 4.46. The normalized spacial score (nSPS) is 9.53. The van der Waals surface area contributed by atoms with E-state index in [1.807, 2.05) is 18.2 Å². The number of hydrogen-bond acceptors (Lipinski definition) is 3. The highest BCUT2D eigenvalue weighted by molar-refractivity contribution is 6.29. The minimum Gasteiger partial charge on any atom is -0.493 e. The summed E-state index contributed by atoms with van der Waals surface area (Å²) >= 11 is 5.65. The summed E-state index contributed by atoms with van der Waals surface area (Å²) in [7, 11) is 3.20. The molecule has 0 aromatic heterocycles. The molecule has 0 aliphatic rings. The predicted octanol–water partition coefficient (Wildman–Crippen LogP) is 2.87. The van der Waals surface area contributed by atoms with Gasteiger partial charge in [0.1, 0.15) is 0 Å². The molecule has 0 radical (unpaired) electrons. The monoisotopic (exact) mass is 227 g/mol. The first-order chi connectivity index (χ1) is 7.17. The second-order valence-corrected chi connectivity index (χ2v) is 3.48. The molecule has 1 rings (SSSR count). The van der Waals surface area contributed by atoms with Crippen LogP contribution in [0.4, 0.5) is 5.69 Å². The summed E-state index contributed by atoms with van der Waals surface area (Å²) in [5.74, 6) is 1.38. The smallest absolute Gasteiger partial charge is 0.162 e. The van der Waals surface area contributed by atoms with Crippen LogP contribution in [0.5, 0.6) is 11.5 Å². The molecule has 0 atom stereocenters. The summed E-state index contributed by atoms with van der Waals surface area (Å²) in [6, 6.07) is 5.57. The quantitative estimate of drug-likeness (QED) is 0.839. The minimum absolute atomic E-state index is 0.525. The molecular weight excluding hydrogens is 214 g/mol. The van der Waals surface area contributed by atoms with Crippen molar-refractivity contribution >= 4 is 17.3 Å². The van der Waals surface area contributed by atoms with Crippen LogP contribution < -0.4 is 14.8 Å². The molecule has 0 amide bonds. The molecular formula is C11H14ClNO2. The largest absolute Gasteiger partial charge is 0.493 e. The van der Waals surface area contributed by atoms with E-state index in [0.717, 1.165) is 5.69 Å². The van der Waals surface area contributed by atoms with Gasteiger partial charge in [0, 0.05) is 16.8 Å². The standard InChI is InChI=1S/C11H14ClNO2/c1-8(12)7-13-9-4-5-10(14-2)11(6-9)15-3/h4-6,13H,1,7H2,2-3H3. The average molecular weight is 228 g/mol. The van der Waals surface area contributed by atoms with E-state index in [1.165, 1.54) is 0 Å². The lowest BCUT2D eigenvalue weighted by Crippen LogP contribution is -2.01. The molecule has 0 fully saturated rings. The molecule has 1 N–H and O–H groups in total. The fraction of sp³-hybridized carbons (Fsp3) is 0.273. The van der Waals surface area contributed by atoms with Gasteiger partial charge in [-0.2, -0.15) is 0 Å². The molecule has 0 heterocycles. The Kier molecular flexibility index (Phi) is 4.31. The highest BCUT2D eigenvalue weighted by Crippen LogP contribution is 2.29. The molecule has 3 nitrogen and oxygen atoms in total. The van der Waals surface area contributed by atoms with E-state index in [2.05, 4.69) is 11.9 Å². The van der Waals surface area contributed by atoms with Crippen molar-refractivity contribution in [2.45, 2.75) is 0 Å². The van der Waals surface area contributed by atoms with E-state index in [1.54, 1.807) is 14.2 Å². The van der Waals surface area contributed by atoms with Gasteiger partial charge < -0.3 is 14.8 Å². The van der Waals surface area contributed by atoms with Crippen molar-refractivity contribution in [3.8, 4) is 11.5 Å². The van der Waals surface area contributed by atoms with Gasteiger partial charge in [-0.1, -0.05) is 18.2 Å². The topological polar surface area (TPSA) is 30.5 Å². The lowest BCUT2D eigenvalue weighted by Gasteiger charge is -2.10. The second-order valence-electron chi connectivity index (χ2n) is 2.94. The van der Waals surface area contributed by atoms with Crippen molar-refractivity contribution in [3.05, 3.63) is 29.8 Å². The first-order valence-corrected chi connectivity index (χ1v) is 4.84. The molecule has 82 valence electrons. The Morgan fingerprint density at radius 1 is 1.33 bits per heavy atom. The number of anilines is 1. The molecule has 1 aromatic rings. The summed E-state index contributed by atoms with van der Waals surface area (Å²) in [4.78, 5) is 0. The fourth-order valence-electron chi connectivity index (χ4n) is 1.14. The van der Waals surface area contributed by atoms with Crippen molar-refractivity contribution in [2.75, 3.05) is 26.1 Å². The number of hydrogen-bond donors (Lipinski definition) is 1. The van der Waals surface area contributed by atoms with E-state index in [9.17, 15) is 0 Å². The summed E-state index contributed by atoms with van der Waals surface area (Å²) in [6.07, 6.45) is 0. The Morgan fingerprint density at radius 3 is 2.53 bits per heavy atom. The second kappa shape index (κ2) is 5.51. The SMILES string of the molecule is C=C(Cl)CNc1ccc(OC)c(OC)c1. The summed E-state index contributed by atoms with van der Waals surface area (Å²) in [5.41, 5.74) is 0.912. The zero-order chi connectivity index (χ0) is 11.3. The lowest BCUT2D eigenvalue weighted by atomic mass is 10.2. The van der Waals surface area contributed by atoms with Crippen molar-refractivity contribution in [1.82, 2.24) is 0 Å². The summed E-state index contributed by atoms with van der Waals surface area (Å²) < 4.78 is 10.3. The molecule has 0 aliphatic heterocycles. The Hall–Kier alpha value is -1.35. The zero-order valence-electron chi connectivity index (χ0n) is 8.84. The van der Waals surface area contributed by atoms with Gasteiger partial charge in [0.25, 0.3) is 0 Å². The van der Waals surface area contributed by atoms with Crippen LogP contribution in [0.1, 0.15) is 0 Å². The maximum Gasteiger partial charge on any atom is 0.162 e. The number of rotatable bonds is 5. The van der Waals surface area contributed by atoms with Crippen LogP contribution in [0.15, 0.2) is 29.8 Å². The van der Waals surface area contributed by atoms with E-state index in [4.69, 9.17) is 21.1 Å². The number of methoxy groups -OCH3 is 2. The van der Waals surface area contributed by atoms with Gasteiger partial charge >= 0.3 is 0 Å². The van der Waals surface area contributed by atoms with E-state index < -0.39 is 0 Å². The summed E-state index contributed by atoms with van der Waals surface area (Å²) in [5, 5.41) is 3.66. The van der Waals surface area contributed by atoms with E-state index in [-0.39, 0.29) is 0 Å². The molecule has 0 unspecified atom stereocenters. The maximum atomic E-state index is 5.65. The minimum atomic E-state index is 0.525. The predicted molar refractivity (Wildman–Crippen MR) is 63.0 cm³/mol. The van der Waals surface area contributed by atoms with Crippen molar-refractivity contribution in [1.29, 1.82) is 0 Å². The molecule has 0 spiro atoms. The van der Waals surface area contributed by atoms with Gasteiger partial charge in [0.15, 0.2) is 11.5 Å². The lowest BCUT2D eigenvalue weighted by molar-refractivity contribution is 0.355. The van der Waals surface area contributed by atoms with Gasteiger partial charge in [-0.3, -0.25) is 0 Å². The average Bonchev–Trinajstić information content (AvgIpc) is 2.25. The van der Waals surface area contributed by atoms with Gasteiger partial charge in [-0.15, -0.1) is 0 Å². The molecule has 0 aliphatic carbocycles. The Balaban J connectivity index is 2.78. The summed E-state index contributed by atoms with van der Waals surface area (Å²) in [6.45, 7) is 4.12. The molecule has 0 bridgehead atoms. The van der Waals surface area contributed by atoms with E-state index >= 15 is 0 Å². The van der Waals surface area contributed by atoms with Crippen LogP contribution in [0.3, 0.4) is 0 Å². The Morgan fingerprint density at radius 2 is 2.00 bits per heavy atom. The third-order valence-electron chi connectivity index (χ3n) is 1.87. The van der Waals surface area contributed by atoms with Gasteiger partial charge in [0.2, 0.25) is 0 Å². The number of halogens is 1. The number of nitrogens with one attached hydrogen (secondary N) is 1. The molecule has 1 aromatic carbocycles. The first kappa shape index (κ1) is 11.7. The molecule has 0 saturated carbocycles. The zero-order valence-corrected chi connectivity index (χ0v) is 9.60. The van der Waals surface area contributed by atoms with Gasteiger partial charge in [-0.05, 0) is 12.1 Å². The molecule has 0 saturated heterocycles. The third kappa shape index (κ3) is 3.36. The number of benzene rings is 1. The Labute approximate surface area is 94.6 Å². The third-order valence-corrected chi connectivity index (χ3v) is 2.00. The van der Waals surface area contributed by atoms with Crippen LogP contribution in [-0.2, 0) is 0 Å². The Bertz CT molecular complexity index is 352. The number of ether oxygens (including phenoxy) is 2. The maximum absolute atomic E-state index is 5.65. The van der Waals surface area contributed by atoms with E-state index in [0.29, 0.717) is 23.1 Å². The van der Waals surface area contributed by atoms with Crippen LogP contribution in [0.25, 0.3) is 0 Å². The highest BCUT2D eigenvalue weighted by atomic mass is 35.5. The van der Waals surface area contributed by atoms with Crippen molar-refractivity contribution in [3.63, 3.8) is 0 Å². The van der Waals surface area contributed by atoms with Gasteiger partial charge in [0.05, 0.1) is 20.8 Å². The van der Waals surface area contributed by atoms with Crippen LogP contribution in [-0.4, -0.2) is 20.8 Å². The van der Waals surface area contributed by atoms with Crippen molar-refractivity contribution < 1.29 is 9.47 Å². The van der Waals surface area contributed by atoms with Crippen LogP contribution in [0.2, 0.25) is 0 Å². The highest BCUT2D eigenvalue weighted by Gasteiger charge is 2.03. The van der Waals surface area contributed by atoms with Gasteiger partial charge in [-0.25, -0.2) is 0 Å². The molecule has 15 heavy (non-hydrogen) atoms. The van der Waals surface area contributed by atoms with Crippen LogP contribution >= 0.6 is 11.6 Å².